The van der Waals surface area contributed by atoms with Crippen LogP contribution in [0.15, 0.2) is 58.4 Å². The minimum Gasteiger partial charge on any atom is -0.494 e. The van der Waals surface area contributed by atoms with Gasteiger partial charge in [-0.25, -0.2) is 13.2 Å². The lowest BCUT2D eigenvalue weighted by molar-refractivity contribution is -0.0907. The molecule has 1 amide bonds. The summed E-state index contributed by atoms with van der Waals surface area (Å²) in [4.78, 5) is 20.2. The van der Waals surface area contributed by atoms with Crippen molar-refractivity contribution in [3.05, 3.63) is 59.7 Å². The van der Waals surface area contributed by atoms with Crippen molar-refractivity contribution in [2.45, 2.75) is 76.9 Å². The molecule has 2 aromatic carbocycles. The van der Waals surface area contributed by atoms with Gasteiger partial charge in [0.25, 0.3) is 0 Å². The van der Waals surface area contributed by atoms with Gasteiger partial charge >= 0.3 is 6.09 Å². The van der Waals surface area contributed by atoms with Gasteiger partial charge < -0.3 is 34.7 Å². The Morgan fingerprint density at radius 3 is 2.65 bits per heavy atom. The minimum atomic E-state index is -4.21. The lowest BCUT2D eigenvalue weighted by Gasteiger charge is -2.35. The molecule has 12 nitrogen and oxygen atoms in total. The van der Waals surface area contributed by atoms with Crippen LogP contribution in [0.4, 0.5) is 4.79 Å². The van der Waals surface area contributed by atoms with Gasteiger partial charge in [-0.05, 0) is 47.9 Å². The highest BCUT2D eigenvalue weighted by Crippen LogP contribution is 2.33. The van der Waals surface area contributed by atoms with E-state index in [-0.39, 0.29) is 60.4 Å². The first kappa shape index (κ1) is 35.8. The second kappa shape index (κ2) is 15.0. The van der Waals surface area contributed by atoms with Crippen LogP contribution in [0.5, 0.6) is 5.88 Å². The number of aromatic hydroxyl groups is 1. The van der Waals surface area contributed by atoms with E-state index in [1.807, 2.05) is 44.2 Å². The predicted molar refractivity (Wildman–Crippen MR) is 183 cm³/mol. The number of amides is 1. The predicted octanol–water partition coefficient (Wildman–Crippen LogP) is 4.45. The first-order chi connectivity index (χ1) is 22.7. The molecule has 0 bridgehead atoms. The maximum atomic E-state index is 14.6. The molecule has 0 radical (unpaired) electrons. The normalized spacial score (nSPS) is 21.3. The number of nitrogens with one attached hydrogen (secondary N) is 2. The molecule has 48 heavy (non-hydrogen) atoms. The van der Waals surface area contributed by atoms with E-state index < -0.39 is 34.4 Å². The molecule has 13 heteroatoms. The minimum absolute atomic E-state index is 0.00678. The lowest BCUT2D eigenvalue weighted by atomic mass is 9.97. The molecule has 1 aromatic heterocycles. The molecule has 5 unspecified atom stereocenters. The number of sulfonamides is 1. The van der Waals surface area contributed by atoms with Gasteiger partial charge in [-0.15, -0.1) is 0 Å². The summed E-state index contributed by atoms with van der Waals surface area (Å²) >= 11 is 0. The van der Waals surface area contributed by atoms with E-state index in [9.17, 15) is 23.4 Å². The van der Waals surface area contributed by atoms with Gasteiger partial charge in [-0.2, -0.15) is 4.31 Å². The summed E-state index contributed by atoms with van der Waals surface area (Å²) in [5.74, 6) is -0.235. The van der Waals surface area contributed by atoms with E-state index in [1.165, 1.54) is 16.4 Å². The number of benzene rings is 2. The van der Waals surface area contributed by atoms with Gasteiger partial charge in [0.1, 0.15) is 6.10 Å². The number of ether oxygens (including phenoxy) is 3. The largest absolute Gasteiger partial charge is 0.494 e. The molecule has 5 atom stereocenters. The number of aromatic nitrogens is 1. The molecule has 3 heterocycles. The molecule has 0 aliphatic carbocycles. The lowest BCUT2D eigenvalue weighted by Crippen LogP contribution is -2.53. The average Bonchev–Trinajstić information content (AvgIpc) is 3.73. The van der Waals surface area contributed by atoms with Crippen molar-refractivity contribution >= 4 is 33.2 Å². The topological polar surface area (TPSA) is 163 Å². The maximum absolute atomic E-state index is 14.6. The first-order valence-corrected chi connectivity index (χ1v) is 17.9. The number of nitrogens with zero attached hydrogens (tertiary/aromatic N) is 2. The third-order valence-corrected chi connectivity index (χ3v) is 10.4. The molecular formula is C35H48N4O8S. The number of hydrogen-bond donors (Lipinski definition) is 4. The van der Waals surface area contributed by atoms with Crippen molar-refractivity contribution in [1.82, 2.24) is 14.6 Å². The van der Waals surface area contributed by atoms with Crippen LogP contribution in [0.25, 0.3) is 10.9 Å². The second-order valence-electron chi connectivity index (χ2n) is 14.3. The van der Waals surface area contributed by atoms with Gasteiger partial charge in [-0.1, -0.05) is 65.0 Å². The fourth-order valence-corrected chi connectivity index (χ4v) is 7.97. The zero-order valence-corrected chi connectivity index (χ0v) is 29.1. The van der Waals surface area contributed by atoms with Crippen LogP contribution in [0.2, 0.25) is 0 Å². The fourth-order valence-electron chi connectivity index (χ4n) is 6.12. The van der Waals surface area contributed by atoms with Crippen molar-refractivity contribution in [3.63, 3.8) is 0 Å². The maximum Gasteiger partial charge on any atom is 0.407 e. The summed E-state index contributed by atoms with van der Waals surface area (Å²) in [6, 6.07) is 13.0. The van der Waals surface area contributed by atoms with Crippen molar-refractivity contribution in [3.8, 4) is 5.88 Å². The Morgan fingerprint density at radius 1 is 1.19 bits per heavy atom. The number of aliphatic hydroxyl groups excluding tert-OH is 1. The van der Waals surface area contributed by atoms with Gasteiger partial charge in [0, 0.05) is 36.8 Å². The zero-order chi connectivity index (χ0) is 34.6. The Balaban J connectivity index is 1.42. The van der Waals surface area contributed by atoms with E-state index in [0.29, 0.717) is 29.6 Å². The summed E-state index contributed by atoms with van der Waals surface area (Å²) in [5.41, 5.74) is 1.72. The van der Waals surface area contributed by atoms with Crippen LogP contribution in [-0.2, 0) is 30.7 Å². The van der Waals surface area contributed by atoms with Gasteiger partial charge in [0.15, 0.2) is 12.2 Å². The second-order valence-corrected chi connectivity index (χ2v) is 16.2. The van der Waals surface area contributed by atoms with Crippen molar-refractivity contribution in [2.75, 3.05) is 32.8 Å². The Hall–Kier alpha value is -3.49. The van der Waals surface area contributed by atoms with Crippen LogP contribution in [-0.4, -0.2) is 97.6 Å². The van der Waals surface area contributed by atoms with Crippen molar-refractivity contribution in [1.29, 1.82) is 0 Å². The highest BCUT2D eigenvalue weighted by Gasteiger charge is 2.44. The molecule has 262 valence electrons. The molecule has 2 fully saturated rings. The summed E-state index contributed by atoms with van der Waals surface area (Å²) in [6.07, 6.45) is -0.351. The van der Waals surface area contributed by atoms with Crippen LogP contribution in [0.3, 0.4) is 0 Å². The number of rotatable bonds is 13. The summed E-state index contributed by atoms with van der Waals surface area (Å²) in [5, 5.41) is 25.4. The third-order valence-electron chi connectivity index (χ3n) is 8.53. The third kappa shape index (κ3) is 8.56. The van der Waals surface area contributed by atoms with E-state index in [2.05, 4.69) is 36.1 Å². The smallest absolute Gasteiger partial charge is 0.407 e. The number of carbonyl (C=O) groups excluding carboxylic acids is 1. The fraction of sp³-hybridized carbons (Fsp3) is 0.543. The molecule has 3 aromatic rings. The molecule has 0 saturated carbocycles. The average molecular weight is 685 g/mol. The Morgan fingerprint density at radius 2 is 1.94 bits per heavy atom. The van der Waals surface area contributed by atoms with E-state index in [4.69, 9.17) is 14.2 Å². The van der Waals surface area contributed by atoms with E-state index >= 15 is 0 Å². The van der Waals surface area contributed by atoms with Crippen LogP contribution in [0.1, 0.15) is 52.2 Å². The summed E-state index contributed by atoms with van der Waals surface area (Å²) in [7, 11) is -4.21. The number of fused-ring (bicyclic) bond motifs is 2. The molecule has 0 spiro atoms. The number of H-pyrrole nitrogens is 1. The SMILES string of the molecule is CC(C)CN(C(Cc1ccccc1)C(O)CNC(=O)OC1COC2OCCC12)S(=O)(=O)c1ccc2[nH]c(O)c(C=NCC(C)(C)C)c2c1. The molecule has 4 N–H and O–H groups in total. The highest BCUT2D eigenvalue weighted by molar-refractivity contribution is 7.89. The Kier molecular flexibility index (Phi) is 11.2. The number of aliphatic imine (C=N–C) groups is 1. The number of aliphatic hydroxyl groups is 1. The molecular weight excluding hydrogens is 636 g/mol. The quantitative estimate of drug-likeness (QED) is 0.192. The number of carbonyl (C=O) groups is 1. The Bertz CT molecular complexity index is 1690. The monoisotopic (exact) mass is 684 g/mol. The van der Waals surface area contributed by atoms with Gasteiger partial charge in [0.05, 0.1) is 41.7 Å². The number of aromatic amines is 1. The van der Waals surface area contributed by atoms with Crippen LogP contribution < -0.4 is 5.32 Å². The van der Waals surface area contributed by atoms with Gasteiger partial charge in [-0.3, -0.25) is 4.99 Å². The first-order valence-electron chi connectivity index (χ1n) is 16.5. The van der Waals surface area contributed by atoms with E-state index in [1.54, 1.807) is 12.3 Å². The zero-order valence-electron chi connectivity index (χ0n) is 28.3. The summed E-state index contributed by atoms with van der Waals surface area (Å²) < 4.78 is 47.1. The van der Waals surface area contributed by atoms with Crippen molar-refractivity contribution < 1.29 is 37.6 Å². The summed E-state index contributed by atoms with van der Waals surface area (Å²) in [6.45, 7) is 11.1. The number of alkyl carbamates (subject to hydrolysis) is 1. The van der Waals surface area contributed by atoms with Crippen molar-refractivity contribution in [2.24, 2.45) is 22.2 Å². The molecule has 5 rings (SSSR count). The molecule has 2 saturated heterocycles. The molecule has 2 aliphatic heterocycles. The van der Waals surface area contributed by atoms with Crippen LogP contribution in [0, 0.1) is 17.3 Å². The Labute approximate surface area is 282 Å². The van der Waals surface area contributed by atoms with Gasteiger partial charge in [0.2, 0.25) is 10.0 Å². The standard InChI is InChI=1S/C35H48N4O8S/c1-22(2)19-39(48(43,44)24-11-12-28-26(16-24)27(32(41)38-28)17-36-21-35(3,4)5)29(15-23-9-7-6-8-10-23)30(40)18-37-34(42)47-31-20-46-33-25(31)13-14-45-33/h6-12,16-17,22,25,29-31,33,38,40-41H,13-15,18-21H2,1-5H3,(H,37,42). The van der Waals surface area contributed by atoms with Crippen LogP contribution >= 0.6 is 0 Å². The highest BCUT2D eigenvalue weighted by atomic mass is 32.2. The van der Waals surface area contributed by atoms with E-state index in [0.717, 1.165) is 12.0 Å². The molecule has 2 aliphatic rings. The number of hydrogen-bond acceptors (Lipinski definition) is 9.